The Bertz CT molecular complexity index is 1250. The Kier molecular flexibility index (Phi) is 6.31. The lowest BCUT2D eigenvalue weighted by molar-refractivity contribution is -0.0498. The summed E-state index contributed by atoms with van der Waals surface area (Å²) in [6, 6.07) is 10.6. The van der Waals surface area contributed by atoms with Crippen LogP contribution in [0.4, 0.5) is 8.78 Å². The van der Waals surface area contributed by atoms with E-state index >= 15 is 0 Å². The molecule has 0 unspecified atom stereocenters. The highest BCUT2D eigenvalue weighted by Crippen LogP contribution is 2.32. The summed E-state index contributed by atoms with van der Waals surface area (Å²) in [5, 5.41) is 0. The van der Waals surface area contributed by atoms with E-state index in [4.69, 9.17) is 0 Å². The van der Waals surface area contributed by atoms with Crippen LogP contribution < -0.4 is 4.74 Å². The van der Waals surface area contributed by atoms with Crippen LogP contribution in [0, 0.1) is 13.8 Å². The monoisotopic (exact) mass is 475 g/mol. The van der Waals surface area contributed by atoms with Gasteiger partial charge in [-0.25, -0.2) is 8.42 Å². The van der Waals surface area contributed by atoms with Gasteiger partial charge in [0, 0.05) is 41.1 Å². The summed E-state index contributed by atoms with van der Waals surface area (Å²) in [5.74, 6) is -0.278. The molecule has 0 radical (unpaired) electrons. The third-order valence-electron chi connectivity index (χ3n) is 5.55. The van der Waals surface area contributed by atoms with Crippen LogP contribution in [0.3, 0.4) is 0 Å². The second-order valence-corrected chi connectivity index (χ2v) is 9.78. The number of carbonyl (C=O) groups excluding carboxylic acids is 1. The van der Waals surface area contributed by atoms with Crippen LogP contribution >= 0.6 is 0 Å². The molecular formula is C23H23F2N3O4S. The van der Waals surface area contributed by atoms with Crippen LogP contribution in [0.5, 0.6) is 5.75 Å². The highest BCUT2D eigenvalue weighted by Gasteiger charge is 2.39. The molecule has 1 aliphatic rings. The molecule has 0 bridgehead atoms. The summed E-state index contributed by atoms with van der Waals surface area (Å²) in [5.41, 5.74) is 2.47. The molecule has 10 heteroatoms. The number of pyridine rings is 1. The van der Waals surface area contributed by atoms with Crippen molar-refractivity contribution < 1.29 is 26.7 Å². The van der Waals surface area contributed by atoms with Gasteiger partial charge in [0.15, 0.2) is 5.78 Å². The van der Waals surface area contributed by atoms with E-state index in [1.807, 2.05) is 11.5 Å². The molecule has 1 saturated carbocycles. The molecule has 1 fully saturated rings. The van der Waals surface area contributed by atoms with Crippen molar-refractivity contribution in [1.82, 2.24) is 13.9 Å². The summed E-state index contributed by atoms with van der Waals surface area (Å²) in [7, 11) is -3.86. The van der Waals surface area contributed by atoms with E-state index in [9.17, 15) is 22.0 Å². The number of aryl methyl sites for hydroxylation is 1. The topological polar surface area (TPSA) is 81.5 Å². The summed E-state index contributed by atoms with van der Waals surface area (Å²) in [6.45, 7) is 0.402. The Hall–Kier alpha value is -3.11. The Morgan fingerprint density at radius 2 is 1.91 bits per heavy atom. The van der Waals surface area contributed by atoms with Crippen molar-refractivity contribution in [2.75, 3.05) is 6.54 Å². The van der Waals surface area contributed by atoms with Gasteiger partial charge in [-0.05, 0) is 69.2 Å². The molecular weight excluding hydrogens is 452 g/mol. The lowest BCUT2D eigenvalue weighted by Gasteiger charge is -2.21. The van der Waals surface area contributed by atoms with Crippen molar-refractivity contribution in [3.63, 3.8) is 0 Å². The molecule has 0 aliphatic heterocycles. The zero-order valence-electron chi connectivity index (χ0n) is 18.1. The number of aromatic nitrogens is 2. The molecule has 0 N–H and O–H groups in total. The number of ketones is 1. The van der Waals surface area contributed by atoms with Gasteiger partial charge in [0.05, 0.1) is 6.54 Å². The number of sulfonamides is 1. The summed E-state index contributed by atoms with van der Waals surface area (Å²) < 4.78 is 58.5. The molecule has 7 nitrogen and oxygen atoms in total. The van der Waals surface area contributed by atoms with Crippen molar-refractivity contribution in [3.8, 4) is 11.4 Å². The SMILES string of the molecule is Cc1cc(C(=O)CN(C2CC2)S(=O)(=O)c2cccnc2)c(C)n1-c1ccc(OC(F)F)cc1. The predicted octanol–water partition coefficient (Wildman–Crippen LogP) is 4.13. The first-order valence-electron chi connectivity index (χ1n) is 10.4. The minimum absolute atomic E-state index is 0.0354. The second-order valence-electron chi connectivity index (χ2n) is 7.89. The standard InChI is InChI=1S/C23H23F2N3O4S/c1-15-12-21(16(2)28(15)18-7-9-19(10-8-18)32-23(24)25)22(29)14-27(17-5-6-17)33(30,31)20-4-3-11-26-13-20/h3-4,7-13,17,23H,5-6,14H2,1-2H3. The van der Waals surface area contributed by atoms with E-state index in [0.717, 1.165) is 5.69 Å². The van der Waals surface area contributed by atoms with Gasteiger partial charge in [-0.1, -0.05) is 0 Å². The van der Waals surface area contributed by atoms with E-state index < -0.39 is 16.6 Å². The Morgan fingerprint density at radius 3 is 2.48 bits per heavy atom. The number of halogens is 2. The first-order valence-corrected chi connectivity index (χ1v) is 11.8. The average Bonchev–Trinajstić information content (AvgIpc) is 3.57. The number of rotatable bonds is 9. The molecule has 4 rings (SSSR count). The van der Waals surface area contributed by atoms with Crippen LogP contribution in [-0.4, -0.2) is 47.3 Å². The lowest BCUT2D eigenvalue weighted by atomic mass is 10.1. The maximum absolute atomic E-state index is 13.2. The van der Waals surface area contributed by atoms with Crippen molar-refractivity contribution in [1.29, 1.82) is 0 Å². The second kappa shape index (κ2) is 9.03. The molecule has 174 valence electrons. The normalized spacial score (nSPS) is 14.1. The largest absolute Gasteiger partial charge is 0.435 e. The molecule has 0 spiro atoms. The molecule has 1 aliphatic carbocycles. The number of hydrogen-bond donors (Lipinski definition) is 0. The molecule has 3 aromatic rings. The maximum Gasteiger partial charge on any atom is 0.387 e. The summed E-state index contributed by atoms with van der Waals surface area (Å²) >= 11 is 0. The van der Waals surface area contributed by atoms with Crippen LogP contribution in [-0.2, 0) is 10.0 Å². The smallest absolute Gasteiger partial charge is 0.387 e. The van der Waals surface area contributed by atoms with Gasteiger partial charge < -0.3 is 9.30 Å². The van der Waals surface area contributed by atoms with Gasteiger partial charge in [0.25, 0.3) is 0 Å². The number of hydrogen-bond acceptors (Lipinski definition) is 5. The Labute approximate surface area is 190 Å². The molecule has 2 heterocycles. The fourth-order valence-corrected chi connectivity index (χ4v) is 5.46. The quantitative estimate of drug-likeness (QED) is 0.435. The zero-order chi connectivity index (χ0) is 23.8. The zero-order valence-corrected chi connectivity index (χ0v) is 18.9. The third kappa shape index (κ3) is 4.81. The Morgan fingerprint density at radius 1 is 1.21 bits per heavy atom. The minimum atomic E-state index is -3.86. The van der Waals surface area contributed by atoms with E-state index in [1.54, 1.807) is 31.2 Å². The fraction of sp³-hybridized carbons (Fsp3) is 0.304. The number of benzene rings is 1. The van der Waals surface area contributed by atoms with Gasteiger partial charge >= 0.3 is 6.61 Å². The van der Waals surface area contributed by atoms with Crippen LogP contribution in [0.1, 0.15) is 34.6 Å². The molecule has 2 aromatic heterocycles. The first-order chi connectivity index (χ1) is 15.7. The molecule has 0 saturated heterocycles. The van der Waals surface area contributed by atoms with Crippen molar-refractivity contribution in [2.45, 2.75) is 44.2 Å². The van der Waals surface area contributed by atoms with Crippen molar-refractivity contribution >= 4 is 15.8 Å². The molecule has 33 heavy (non-hydrogen) atoms. The maximum atomic E-state index is 13.2. The number of ether oxygens (including phenoxy) is 1. The Balaban J connectivity index is 1.60. The fourth-order valence-electron chi connectivity index (χ4n) is 3.85. The van der Waals surface area contributed by atoms with Gasteiger partial charge in [-0.15, -0.1) is 0 Å². The number of Topliss-reactive ketones (excluding diaryl/α,β-unsaturated/α-hetero) is 1. The van der Waals surface area contributed by atoms with Crippen molar-refractivity contribution in [2.24, 2.45) is 0 Å². The van der Waals surface area contributed by atoms with E-state index in [-0.39, 0.29) is 29.0 Å². The van der Waals surface area contributed by atoms with Crippen molar-refractivity contribution in [3.05, 3.63) is 71.8 Å². The average molecular weight is 476 g/mol. The van der Waals surface area contributed by atoms with Gasteiger partial charge in [0.2, 0.25) is 10.0 Å². The first kappa shape index (κ1) is 23.1. The molecule has 0 atom stereocenters. The highest BCUT2D eigenvalue weighted by atomic mass is 32.2. The van der Waals surface area contributed by atoms with Gasteiger partial charge in [0.1, 0.15) is 10.6 Å². The minimum Gasteiger partial charge on any atom is -0.435 e. The summed E-state index contributed by atoms with van der Waals surface area (Å²) in [4.78, 5) is 17.2. The van der Waals surface area contributed by atoms with Gasteiger partial charge in [-0.2, -0.15) is 13.1 Å². The van der Waals surface area contributed by atoms with Crippen LogP contribution in [0.25, 0.3) is 5.69 Å². The van der Waals surface area contributed by atoms with E-state index in [2.05, 4.69) is 9.72 Å². The molecule has 1 aromatic carbocycles. The summed E-state index contributed by atoms with van der Waals surface area (Å²) in [6.07, 6.45) is 4.19. The number of carbonyl (C=O) groups is 1. The van der Waals surface area contributed by atoms with Crippen LogP contribution in [0.2, 0.25) is 0 Å². The number of nitrogens with zero attached hydrogens (tertiary/aromatic N) is 3. The third-order valence-corrected chi connectivity index (χ3v) is 7.43. The predicted molar refractivity (Wildman–Crippen MR) is 117 cm³/mol. The molecule has 0 amide bonds. The van der Waals surface area contributed by atoms with E-state index in [1.165, 1.54) is 34.9 Å². The van der Waals surface area contributed by atoms with Gasteiger partial charge in [-0.3, -0.25) is 9.78 Å². The highest BCUT2D eigenvalue weighted by molar-refractivity contribution is 7.89. The lowest BCUT2D eigenvalue weighted by Crippen LogP contribution is -2.37. The van der Waals surface area contributed by atoms with Crippen LogP contribution in [0.15, 0.2) is 59.8 Å². The van der Waals surface area contributed by atoms with E-state index in [0.29, 0.717) is 29.8 Å². The number of alkyl halides is 2.